The number of imidazole rings is 1. The van der Waals surface area contributed by atoms with Crippen LogP contribution in [0.4, 0.5) is 0 Å². The molecular formula is C13H22N4O3S. The normalized spacial score (nSPS) is 20.4. The quantitative estimate of drug-likeness (QED) is 0.850. The molecule has 21 heavy (non-hydrogen) atoms. The Bertz CT molecular complexity index is 596. The molecule has 0 aliphatic carbocycles. The fraction of sp³-hybridized carbons (Fsp3) is 0.692. The van der Waals surface area contributed by atoms with Crippen LogP contribution in [0.15, 0.2) is 17.6 Å². The van der Waals surface area contributed by atoms with Crippen LogP contribution in [0.1, 0.15) is 26.2 Å². The van der Waals surface area contributed by atoms with Crippen LogP contribution >= 0.6 is 0 Å². The topological polar surface area (TPSA) is 84.3 Å². The number of piperidine rings is 1. The standard InChI is InChI=1S/C13H22N4O3S/c1-11(18)14-6-5-12-4-3-7-17(8-12)21(19,20)13-9-16(2)10-15-13/h9-10,12H,3-8H2,1-2H3,(H,14,18)/t12-/m1/s1. The number of nitrogens with one attached hydrogen (secondary N) is 1. The first kappa shape index (κ1) is 16.0. The van der Waals surface area contributed by atoms with Crippen molar-refractivity contribution in [3.63, 3.8) is 0 Å². The fourth-order valence-corrected chi connectivity index (χ4v) is 4.11. The Morgan fingerprint density at radius 2 is 2.29 bits per heavy atom. The minimum absolute atomic E-state index is 0.0521. The lowest BCUT2D eigenvalue weighted by Gasteiger charge is -2.31. The molecule has 0 radical (unpaired) electrons. The molecule has 0 bridgehead atoms. The zero-order chi connectivity index (χ0) is 15.5. The highest BCUT2D eigenvalue weighted by Crippen LogP contribution is 2.24. The second-order valence-corrected chi connectivity index (χ2v) is 7.41. The van der Waals surface area contributed by atoms with Crippen molar-refractivity contribution in [3.05, 3.63) is 12.5 Å². The van der Waals surface area contributed by atoms with Gasteiger partial charge >= 0.3 is 0 Å². The number of carbonyl (C=O) groups excluding carboxylic acids is 1. The third-order valence-corrected chi connectivity index (χ3v) is 5.44. The van der Waals surface area contributed by atoms with Gasteiger partial charge in [-0.05, 0) is 25.2 Å². The van der Waals surface area contributed by atoms with Crippen LogP contribution in [-0.4, -0.2) is 47.8 Å². The average Bonchev–Trinajstić information content (AvgIpc) is 2.86. The maximum absolute atomic E-state index is 12.5. The maximum Gasteiger partial charge on any atom is 0.262 e. The van der Waals surface area contributed by atoms with E-state index < -0.39 is 10.0 Å². The lowest BCUT2D eigenvalue weighted by molar-refractivity contribution is -0.119. The lowest BCUT2D eigenvalue weighted by Crippen LogP contribution is -2.40. The zero-order valence-electron chi connectivity index (χ0n) is 12.4. The van der Waals surface area contributed by atoms with Gasteiger partial charge in [0.15, 0.2) is 5.03 Å². The van der Waals surface area contributed by atoms with E-state index in [4.69, 9.17) is 0 Å². The number of rotatable bonds is 5. The molecule has 0 spiro atoms. The number of nitrogens with zero attached hydrogens (tertiary/aromatic N) is 3. The van der Waals surface area contributed by atoms with Crippen molar-refractivity contribution >= 4 is 15.9 Å². The number of sulfonamides is 1. The summed E-state index contributed by atoms with van der Waals surface area (Å²) in [4.78, 5) is 14.8. The largest absolute Gasteiger partial charge is 0.356 e. The van der Waals surface area contributed by atoms with Crippen LogP contribution in [0.25, 0.3) is 0 Å². The van der Waals surface area contributed by atoms with E-state index in [1.54, 1.807) is 11.6 Å². The Hall–Kier alpha value is -1.41. The first-order chi connectivity index (χ1) is 9.89. The number of amides is 1. The van der Waals surface area contributed by atoms with Gasteiger partial charge in [0.05, 0.1) is 6.33 Å². The predicted molar refractivity (Wildman–Crippen MR) is 78.0 cm³/mol. The molecule has 1 aliphatic heterocycles. The van der Waals surface area contributed by atoms with E-state index in [-0.39, 0.29) is 16.9 Å². The highest BCUT2D eigenvalue weighted by atomic mass is 32.2. The molecule has 1 aromatic rings. The van der Waals surface area contributed by atoms with E-state index in [0.717, 1.165) is 19.3 Å². The number of carbonyl (C=O) groups is 1. The monoisotopic (exact) mass is 314 g/mol. The molecule has 0 unspecified atom stereocenters. The first-order valence-corrected chi connectivity index (χ1v) is 8.56. The molecule has 1 saturated heterocycles. The minimum Gasteiger partial charge on any atom is -0.356 e. The summed E-state index contributed by atoms with van der Waals surface area (Å²) in [6.07, 6.45) is 5.65. The van der Waals surface area contributed by atoms with Gasteiger partial charge in [0, 0.05) is 39.8 Å². The summed E-state index contributed by atoms with van der Waals surface area (Å²) < 4.78 is 28.2. The van der Waals surface area contributed by atoms with Gasteiger partial charge in [-0.15, -0.1) is 0 Å². The highest BCUT2D eigenvalue weighted by Gasteiger charge is 2.31. The predicted octanol–water partition coefficient (Wildman–Crippen LogP) is 0.347. The molecule has 1 N–H and O–H groups in total. The van der Waals surface area contributed by atoms with E-state index in [2.05, 4.69) is 10.3 Å². The van der Waals surface area contributed by atoms with Crippen LogP contribution in [0.3, 0.4) is 0 Å². The van der Waals surface area contributed by atoms with Gasteiger partial charge in [-0.25, -0.2) is 13.4 Å². The van der Waals surface area contributed by atoms with E-state index in [1.807, 2.05) is 0 Å². The van der Waals surface area contributed by atoms with Crippen molar-refractivity contribution < 1.29 is 13.2 Å². The third kappa shape index (κ3) is 4.04. The third-order valence-electron chi connectivity index (χ3n) is 3.69. The van der Waals surface area contributed by atoms with Gasteiger partial charge in [-0.3, -0.25) is 4.79 Å². The molecule has 8 heteroatoms. The molecule has 0 saturated carbocycles. The molecule has 118 valence electrons. The van der Waals surface area contributed by atoms with Gasteiger partial charge in [0.2, 0.25) is 5.91 Å². The van der Waals surface area contributed by atoms with Crippen molar-refractivity contribution in [2.45, 2.75) is 31.2 Å². The van der Waals surface area contributed by atoms with Crippen LogP contribution < -0.4 is 5.32 Å². The summed E-state index contributed by atoms with van der Waals surface area (Å²) in [5.74, 6) is 0.229. The molecule has 1 aliphatic rings. The molecule has 1 fully saturated rings. The van der Waals surface area contributed by atoms with E-state index >= 15 is 0 Å². The van der Waals surface area contributed by atoms with Crippen LogP contribution in [0.5, 0.6) is 0 Å². The van der Waals surface area contributed by atoms with Crippen molar-refractivity contribution in [1.82, 2.24) is 19.2 Å². The van der Waals surface area contributed by atoms with Gasteiger partial charge < -0.3 is 9.88 Å². The smallest absolute Gasteiger partial charge is 0.262 e. The van der Waals surface area contributed by atoms with Crippen molar-refractivity contribution in [2.24, 2.45) is 13.0 Å². The lowest BCUT2D eigenvalue weighted by atomic mass is 9.96. The molecule has 7 nitrogen and oxygen atoms in total. The molecule has 2 heterocycles. The Labute approximate surface area is 125 Å². The molecule has 1 amide bonds. The second kappa shape index (κ2) is 6.57. The number of aromatic nitrogens is 2. The zero-order valence-corrected chi connectivity index (χ0v) is 13.3. The van der Waals surface area contributed by atoms with Gasteiger partial charge in [0.1, 0.15) is 0 Å². The summed E-state index contributed by atoms with van der Waals surface area (Å²) in [5, 5.41) is 2.86. The number of hydrogen-bond donors (Lipinski definition) is 1. The summed E-state index contributed by atoms with van der Waals surface area (Å²) in [6, 6.07) is 0. The van der Waals surface area contributed by atoms with Crippen molar-refractivity contribution in [3.8, 4) is 0 Å². The maximum atomic E-state index is 12.5. The highest BCUT2D eigenvalue weighted by molar-refractivity contribution is 7.89. The second-order valence-electron chi connectivity index (χ2n) is 5.52. The summed E-state index contributed by atoms with van der Waals surface area (Å²) in [6.45, 7) is 3.12. The van der Waals surface area contributed by atoms with E-state index in [9.17, 15) is 13.2 Å². The van der Waals surface area contributed by atoms with Crippen LogP contribution in [-0.2, 0) is 21.9 Å². The molecule has 2 rings (SSSR count). The molecule has 0 aromatic carbocycles. The van der Waals surface area contributed by atoms with Crippen molar-refractivity contribution in [1.29, 1.82) is 0 Å². The van der Waals surface area contributed by atoms with Gasteiger partial charge in [-0.1, -0.05) is 0 Å². The Morgan fingerprint density at radius 3 is 2.90 bits per heavy atom. The Morgan fingerprint density at radius 1 is 1.52 bits per heavy atom. The average molecular weight is 314 g/mol. The Balaban J connectivity index is 1.98. The fourth-order valence-electron chi connectivity index (χ4n) is 2.59. The Kier molecular flexibility index (Phi) is 5.00. The van der Waals surface area contributed by atoms with Crippen LogP contribution in [0.2, 0.25) is 0 Å². The van der Waals surface area contributed by atoms with E-state index in [0.29, 0.717) is 19.6 Å². The first-order valence-electron chi connectivity index (χ1n) is 7.12. The molecular weight excluding hydrogens is 292 g/mol. The van der Waals surface area contributed by atoms with Crippen LogP contribution in [0, 0.1) is 5.92 Å². The van der Waals surface area contributed by atoms with Crippen molar-refractivity contribution in [2.75, 3.05) is 19.6 Å². The van der Waals surface area contributed by atoms with Gasteiger partial charge in [-0.2, -0.15) is 4.31 Å². The van der Waals surface area contributed by atoms with E-state index in [1.165, 1.54) is 23.8 Å². The number of aryl methyl sites for hydroxylation is 1. The summed E-state index contributed by atoms with van der Waals surface area (Å²) in [5.41, 5.74) is 0. The SMILES string of the molecule is CC(=O)NCC[C@H]1CCCN(S(=O)(=O)c2cn(C)cn2)C1. The minimum atomic E-state index is -3.50. The summed E-state index contributed by atoms with van der Waals surface area (Å²) >= 11 is 0. The number of hydrogen-bond acceptors (Lipinski definition) is 4. The molecule has 1 atom stereocenters. The van der Waals surface area contributed by atoms with Gasteiger partial charge in [0.25, 0.3) is 10.0 Å². The summed E-state index contributed by atoms with van der Waals surface area (Å²) in [7, 11) is -1.75. The molecule has 1 aromatic heterocycles.